The highest BCUT2D eigenvalue weighted by molar-refractivity contribution is 6.28. The maximum atomic E-state index is 13.9. The van der Waals surface area contributed by atoms with Gasteiger partial charge in [0, 0.05) is 5.69 Å². The van der Waals surface area contributed by atoms with Crippen molar-refractivity contribution in [2.24, 2.45) is 4.99 Å². The Morgan fingerprint density at radius 2 is 1.78 bits per heavy atom. The van der Waals surface area contributed by atoms with Gasteiger partial charge in [-0.25, -0.2) is 4.39 Å². The quantitative estimate of drug-likeness (QED) is 0.420. The van der Waals surface area contributed by atoms with E-state index in [1.54, 1.807) is 38.1 Å². The maximum absolute atomic E-state index is 13.9. The molecule has 0 saturated heterocycles. The van der Waals surface area contributed by atoms with Crippen LogP contribution in [0, 0.1) is 5.82 Å². The van der Waals surface area contributed by atoms with Crippen molar-refractivity contribution in [3.8, 4) is 11.1 Å². The lowest BCUT2D eigenvalue weighted by molar-refractivity contribution is -0.137. The van der Waals surface area contributed by atoms with Gasteiger partial charge in [0.1, 0.15) is 11.7 Å². The normalized spacial score (nSPS) is 16.1. The van der Waals surface area contributed by atoms with Crippen molar-refractivity contribution in [3.05, 3.63) is 95.3 Å². The summed E-state index contributed by atoms with van der Waals surface area (Å²) in [7, 11) is 0. The van der Waals surface area contributed by atoms with Gasteiger partial charge in [0.05, 0.1) is 28.8 Å². The van der Waals surface area contributed by atoms with E-state index >= 15 is 0 Å². The fraction of sp³-hybridized carbons (Fsp3) is 0.179. The Labute approximate surface area is 210 Å². The largest absolute Gasteiger partial charge is 0.417 e. The molecule has 9 heteroatoms. The van der Waals surface area contributed by atoms with Crippen molar-refractivity contribution in [1.82, 2.24) is 0 Å². The number of amidine groups is 1. The zero-order chi connectivity index (χ0) is 26.5. The summed E-state index contributed by atoms with van der Waals surface area (Å²) in [6, 6.07) is 13.2. The minimum atomic E-state index is -4.79. The van der Waals surface area contributed by atoms with Gasteiger partial charge in [0.15, 0.2) is 0 Å². The molecule has 37 heavy (non-hydrogen) atoms. The van der Waals surface area contributed by atoms with Crippen molar-refractivity contribution in [2.45, 2.75) is 25.4 Å². The first-order valence-electron chi connectivity index (χ1n) is 11.5. The second-order valence-corrected chi connectivity index (χ2v) is 9.29. The number of anilines is 2. The second-order valence-electron chi connectivity index (χ2n) is 9.29. The summed E-state index contributed by atoms with van der Waals surface area (Å²) in [6.07, 6.45) is -1.20. The molecule has 1 N–H and O–H groups in total. The first-order valence-corrected chi connectivity index (χ1v) is 11.5. The minimum Gasteiger partial charge on any atom is -0.322 e. The van der Waals surface area contributed by atoms with E-state index in [1.165, 1.54) is 29.2 Å². The average Bonchev–Trinajstić information content (AvgIpc) is 3.45. The number of hydrogen-bond donors (Lipinski definition) is 1. The third kappa shape index (κ3) is 4.20. The molecule has 0 radical (unpaired) electrons. The number of carbonyl (C=O) groups excluding carboxylic acids is 2. The van der Waals surface area contributed by atoms with Gasteiger partial charge in [-0.15, -0.1) is 0 Å². The zero-order valence-electron chi connectivity index (χ0n) is 19.9. The SMILES string of the molecule is CC1(C)C(=O)N(C2=NCC=C2)c2cccc(-c3ccc(C(F)(F)F)c(C(=O)Nc4ccc(F)cc4)c3)c21. The molecule has 5 rings (SSSR count). The van der Waals surface area contributed by atoms with Gasteiger partial charge >= 0.3 is 6.18 Å². The van der Waals surface area contributed by atoms with Crippen molar-refractivity contribution in [3.63, 3.8) is 0 Å². The van der Waals surface area contributed by atoms with Crippen LogP contribution in [0.1, 0.15) is 35.3 Å². The van der Waals surface area contributed by atoms with Crippen LogP contribution in [0.2, 0.25) is 0 Å². The summed E-state index contributed by atoms with van der Waals surface area (Å²) >= 11 is 0. The Kier molecular flexibility index (Phi) is 5.73. The number of amides is 2. The van der Waals surface area contributed by atoms with Crippen molar-refractivity contribution in [1.29, 1.82) is 0 Å². The van der Waals surface area contributed by atoms with Crippen LogP contribution in [0.5, 0.6) is 0 Å². The van der Waals surface area contributed by atoms with Crippen LogP contribution in [0.4, 0.5) is 28.9 Å². The van der Waals surface area contributed by atoms with E-state index in [1.807, 2.05) is 6.08 Å². The van der Waals surface area contributed by atoms with Gasteiger partial charge in [-0.2, -0.15) is 13.2 Å². The van der Waals surface area contributed by atoms with Gasteiger partial charge in [0.25, 0.3) is 5.91 Å². The molecule has 2 heterocycles. The standard InChI is InChI=1S/C28H21F4N3O2/c1-27(2)24-19(5-3-6-22(24)35(26(27)37)23-7-4-14-33-23)16-8-13-21(28(30,31)32)20(15-16)25(36)34-18-11-9-17(29)10-12-18/h3-13,15H,14H2,1-2H3,(H,34,36). The number of fused-ring (bicyclic) bond motifs is 1. The Balaban J connectivity index is 1.63. The molecule has 188 valence electrons. The molecule has 0 atom stereocenters. The predicted octanol–water partition coefficient (Wildman–Crippen LogP) is 6.36. The highest BCUT2D eigenvalue weighted by Crippen LogP contribution is 2.47. The molecule has 0 saturated carbocycles. The summed E-state index contributed by atoms with van der Waals surface area (Å²) in [5.41, 5.74) is -0.434. The summed E-state index contributed by atoms with van der Waals surface area (Å²) < 4.78 is 54.8. The molecule has 2 aliphatic rings. The molecule has 0 bridgehead atoms. The third-order valence-electron chi connectivity index (χ3n) is 6.48. The third-order valence-corrected chi connectivity index (χ3v) is 6.48. The van der Waals surface area contributed by atoms with Crippen LogP contribution in [0.15, 0.2) is 77.8 Å². The molecule has 0 unspecified atom stereocenters. The zero-order valence-corrected chi connectivity index (χ0v) is 19.9. The molecule has 0 aromatic heterocycles. The molecular formula is C28H21F4N3O2. The van der Waals surface area contributed by atoms with Crippen molar-refractivity contribution >= 4 is 29.0 Å². The fourth-order valence-electron chi connectivity index (χ4n) is 4.73. The van der Waals surface area contributed by atoms with Crippen molar-refractivity contribution < 1.29 is 27.2 Å². The van der Waals surface area contributed by atoms with Gasteiger partial charge in [-0.3, -0.25) is 19.5 Å². The molecule has 0 aliphatic carbocycles. The number of benzene rings is 3. The van der Waals surface area contributed by atoms with E-state index in [2.05, 4.69) is 10.3 Å². The van der Waals surface area contributed by atoms with Crippen LogP contribution in [0.3, 0.4) is 0 Å². The van der Waals surface area contributed by atoms with Crippen molar-refractivity contribution in [2.75, 3.05) is 16.8 Å². The van der Waals surface area contributed by atoms with Crippen LogP contribution in [0.25, 0.3) is 11.1 Å². The highest BCUT2D eigenvalue weighted by Gasteiger charge is 2.47. The number of hydrogen-bond acceptors (Lipinski definition) is 3. The number of carbonyl (C=O) groups is 2. The lowest BCUT2D eigenvalue weighted by Crippen LogP contribution is -2.39. The number of alkyl halides is 3. The highest BCUT2D eigenvalue weighted by atomic mass is 19.4. The first-order chi connectivity index (χ1) is 17.5. The first kappa shape index (κ1) is 24.4. The maximum Gasteiger partial charge on any atom is 0.417 e. The molecule has 0 spiro atoms. The summed E-state index contributed by atoms with van der Waals surface area (Å²) in [5, 5.41) is 2.41. The Hall–Kier alpha value is -4.27. The number of nitrogens with one attached hydrogen (secondary N) is 1. The number of halogens is 4. The van der Waals surface area contributed by atoms with Crippen LogP contribution in [-0.4, -0.2) is 24.2 Å². The van der Waals surface area contributed by atoms with Gasteiger partial charge in [0.2, 0.25) is 5.91 Å². The molecular weight excluding hydrogens is 486 g/mol. The predicted molar refractivity (Wildman–Crippen MR) is 133 cm³/mol. The topological polar surface area (TPSA) is 61.8 Å². The second kappa shape index (κ2) is 8.69. The van der Waals surface area contributed by atoms with E-state index in [0.717, 1.165) is 18.2 Å². The van der Waals surface area contributed by atoms with E-state index in [-0.39, 0.29) is 11.6 Å². The van der Waals surface area contributed by atoms with E-state index in [0.29, 0.717) is 34.8 Å². The fourth-order valence-corrected chi connectivity index (χ4v) is 4.73. The molecule has 2 amide bonds. The van der Waals surface area contributed by atoms with Gasteiger partial charge in [-0.05, 0) is 79.1 Å². The number of aliphatic imine (C=N–C) groups is 1. The Bertz CT molecular complexity index is 1490. The molecule has 0 fully saturated rings. The monoisotopic (exact) mass is 507 g/mol. The lowest BCUT2D eigenvalue weighted by atomic mass is 9.81. The van der Waals surface area contributed by atoms with E-state index in [9.17, 15) is 27.2 Å². The molecule has 2 aliphatic heterocycles. The minimum absolute atomic E-state index is 0.151. The van der Waals surface area contributed by atoms with Gasteiger partial charge in [-0.1, -0.05) is 24.3 Å². The van der Waals surface area contributed by atoms with Crippen LogP contribution < -0.4 is 10.2 Å². The molecule has 3 aromatic rings. The van der Waals surface area contributed by atoms with Crippen LogP contribution >= 0.6 is 0 Å². The van der Waals surface area contributed by atoms with E-state index in [4.69, 9.17) is 0 Å². The lowest BCUT2D eigenvalue weighted by Gasteiger charge is -2.21. The molecule has 5 nitrogen and oxygen atoms in total. The smallest absolute Gasteiger partial charge is 0.322 e. The van der Waals surface area contributed by atoms with Gasteiger partial charge < -0.3 is 5.32 Å². The summed E-state index contributed by atoms with van der Waals surface area (Å²) in [5.74, 6) is -1.24. The average molecular weight is 507 g/mol. The molecule has 3 aromatic carbocycles. The number of nitrogens with zero attached hydrogens (tertiary/aromatic N) is 2. The number of rotatable bonds is 3. The Morgan fingerprint density at radius 3 is 2.43 bits per heavy atom. The summed E-state index contributed by atoms with van der Waals surface area (Å²) in [6.45, 7) is 3.96. The summed E-state index contributed by atoms with van der Waals surface area (Å²) in [4.78, 5) is 32.3. The Morgan fingerprint density at radius 1 is 1.05 bits per heavy atom. The van der Waals surface area contributed by atoms with E-state index < -0.39 is 34.4 Å². The van der Waals surface area contributed by atoms with Crippen LogP contribution in [-0.2, 0) is 16.4 Å².